The van der Waals surface area contributed by atoms with E-state index in [1.165, 1.54) is 0 Å². The quantitative estimate of drug-likeness (QED) is 0.611. The number of pyridine rings is 1. The number of rotatable bonds is 6. The number of ether oxygens (including phenoxy) is 2. The van der Waals surface area contributed by atoms with Crippen LogP contribution in [-0.2, 0) is 20.7 Å². The first-order chi connectivity index (χ1) is 11.7. The molecule has 2 heterocycles. The first-order valence-electron chi connectivity index (χ1n) is 8.49. The van der Waals surface area contributed by atoms with Crippen molar-refractivity contribution < 1.29 is 19.1 Å². The van der Waals surface area contributed by atoms with Gasteiger partial charge in [-0.3, -0.25) is 10.1 Å². The number of nitrogens with one attached hydrogen (secondary N) is 1. The highest BCUT2D eigenvalue weighted by Gasteiger charge is 2.45. The van der Waals surface area contributed by atoms with Crippen LogP contribution in [0.4, 0.5) is 10.6 Å². The summed E-state index contributed by atoms with van der Waals surface area (Å²) < 4.78 is 12.5. The highest BCUT2D eigenvalue weighted by molar-refractivity contribution is 6.36. The summed E-state index contributed by atoms with van der Waals surface area (Å²) in [7, 11) is 1.12. The van der Waals surface area contributed by atoms with E-state index in [0.29, 0.717) is 18.8 Å². The number of β-lactam (4-membered cyclic amide) rings is 1. The number of hydrogen-bond donors (Lipinski definition) is 1. The Bertz CT molecular complexity index is 633. The Hall–Kier alpha value is -1.93. The van der Waals surface area contributed by atoms with Gasteiger partial charge in [-0.25, -0.2) is 9.78 Å². The smallest absolute Gasteiger partial charge is 0.413 e. The first kappa shape index (κ1) is 19.4. The van der Waals surface area contributed by atoms with Gasteiger partial charge in [0.25, 0.3) is 0 Å². The number of methoxy groups -OCH3 is 1. The third kappa shape index (κ3) is 5.02. The van der Waals surface area contributed by atoms with E-state index in [2.05, 4.69) is 16.8 Å². The number of nitrogens with zero attached hydrogens (tertiary/aromatic N) is 2. The van der Waals surface area contributed by atoms with Crippen LogP contribution in [0, 0.1) is 5.92 Å². The van der Waals surface area contributed by atoms with E-state index >= 15 is 0 Å². The molecule has 0 radical (unpaired) electrons. The van der Waals surface area contributed by atoms with Crippen molar-refractivity contribution in [2.45, 2.75) is 45.4 Å². The van der Waals surface area contributed by atoms with Crippen LogP contribution in [0.2, 0.25) is 6.55 Å². The van der Waals surface area contributed by atoms with Gasteiger partial charge in [-0.2, -0.15) is 0 Å². The molecule has 25 heavy (non-hydrogen) atoms. The standard InChI is InChI=1S/C17H27N3O4Si/c1-17(2,3)24-16(22)19-14-9-11(6-7-18-14)8-12-13(10-23-4)20(25-5)15(12)21/h6-7,9,12-13H,8,10,25H2,1-5H3,(H,18,19,22)/t12-,13-/m1/s1. The number of anilines is 1. The van der Waals surface area contributed by atoms with Gasteiger partial charge >= 0.3 is 6.09 Å². The third-order valence-corrected chi connectivity index (χ3v) is 5.51. The molecule has 1 N–H and O–H groups in total. The second-order valence-electron chi connectivity index (χ2n) is 7.13. The normalized spacial score (nSPS) is 20.7. The highest BCUT2D eigenvalue weighted by Crippen LogP contribution is 2.29. The Morgan fingerprint density at radius 1 is 1.44 bits per heavy atom. The van der Waals surface area contributed by atoms with Gasteiger partial charge in [0, 0.05) is 13.3 Å². The van der Waals surface area contributed by atoms with Gasteiger partial charge in [-0.15, -0.1) is 0 Å². The first-order valence-corrected chi connectivity index (χ1v) is 10.5. The molecule has 7 nitrogen and oxygen atoms in total. The predicted octanol–water partition coefficient (Wildman–Crippen LogP) is 1.58. The maximum absolute atomic E-state index is 12.3. The monoisotopic (exact) mass is 365 g/mol. The Morgan fingerprint density at radius 3 is 2.76 bits per heavy atom. The Morgan fingerprint density at radius 2 is 2.16 bits per heavy atom. The van der Waals surface area contributed by atoms with E-state index in [0.717, 1.165) is 5.56 Å². The van der Waals surface area contributed by atoms with E-state index in [1.54, 1.807) is 40.1 Å². The largest absolute Gasteiger partial charge is 0.444 e. The van der Waals surface area contributed by atoms with Crippen LogP contribution >= 0.6 is 0 Å². The molecule has 0 unspecified atom stereocenters. The molecule has 1 aliphatic rings. The molecular weight excluding hydrogens is 338 g/mol. The summed E-state index contributed by atoms with van der Waals surface area (Å²) >= 11 is 0. The van der Waals surface area contributed by atoms with Crippen LogP contribution in [0.5, 0.6) is 0 Å². The fourth-order valence-corrected chi connectivity index (χ4v) is 4.37. The topological polar surface area (TPSA) is 80.8 Å². The van der Waals surface area contributed by atoms with Crippen LogP contribution in [0.1, 0.15) is 26.3 Å². The molecule has 8 heteroatoms. The molecule has 0 aliphatic carbocycles. The summed E-state index contributed by atoms with van der Waals surface area (Å²) in [6, 6.07) is 3.81. The number of amides is 2. The fraction of sp³-hybridized carbons (Fsp3) is 0.588. The molecule has 2 amide bonds. The Kier molecular flexibility index (Phi) is 6.18. The average Bonchev–Trinajstić information content (AvgIpc) is 2.51. The number of carbonyl (C=O) groups excluding carboxylic acids is 2. The maximum atomic E-state index is 12.3. The minimum Gasteiger partial charge on any atom is -0.444 e. The zero-order valence-electron chi connectivity index (χ0n) is 15.5. The van der Waals surface area contributed by atoms with E-state index in [-0.39, 0.29) is 17.9 Å². The number of hydrogen-bond acceptors (Lipinski definition) is 5. The Balaban J connectivity index is 2.01. The number of carbonyl (C=O) groups is 2. The van der Waals surface area contributed by atoms with Crippen molar-refractivity contribution in [1.29, 1.82) is 0 Å². The van der Waals surface area contributed by atoms with Gasteiger partial charge in [-0.1, -0.05) is 6.55 Å². The predicted molar refractivity (Wildman–Crippen MR) is 98.2 cm³/mol. The molecule has 0 spiro atoms. The zero-order chi connectivity index (χ0) is 18.6. The third-order valence-electron chi connectivity index (χ3n) is 4.05. The van der Waals surface area contributed by atoms with Crippen molar-refractivity contribution in [3.63, 3.8) is 0 Å². The molecular formula is C17H27N3O4Si. The van der Waals surface area contributed by atoms with Crippen LogP contribution in [-0.4, -0.2) is 56.6 Å². The van der Waals surface area contributed by atoms with E-state index in [1.807, 2.05) is 10.6 Å². The van der Waals surface area contributed by atoms with Crippen molar-refractivity contribution in [2.75, 3.05) is 19.0 Å². The molecule has 138 valence electrons. The second kappa shape index (κ2) is 7.96. The van der Waals surface area contributed by atoms with E-state index in [9.17, 15) is 9.59 Å². The summed E-state index contributed by atoms with van der Waals surface area (Å²) in [4.78, 5) is 28.3. The Labute approximate surface area is 151 Å². The molecule has 0 saturated carbocycles. The van der Waals surface area contributed by atoms with Crippen molar-refractivity contribution in [2.24, 2.45) is 5.92 Å². The zero-order valence-corrected chi connectivity index (χ0v) is 16.9. The van der Waals surface area contributed by atoms with Crippen LogP contribution in [0.15, 0.2) is 18.3 Å². The van der Waals surface area contributed by atoms with Gasteiger partial charge in [0.2, 0.25) is 5.91 Å². The average molecular weight is 366 g/mol. The summed E-state index contributed by atoms with van der Waals surface area (Å²) in [5, 5.41) is 2.63. The molecule has 1 aromatic rings. The molecule has 1 aromatic heterocycles. The maximum Gasteiger partial charge on any atom is 0.413 e. The lowest BCUT2D eigenvalue weighted by molar-refractivity contribution is -0.149. The lowest BCUT2D eigenvalue weighted by atomic mass is 9.85. The van der Waals surface area contributed by atoms with Crippen LogP contribution in [0.3, 0.4) is 0 Å². The van der Waals surface area contributed by atoms with Crippen LogP contribution < -0.4 is 5.32 Å². The summed E-state index contributed by atoms with van der Waals surface area (Å²) in [6.45, 7) is 8.07. The van der Waals surface area contributed by atoms with Gasteiger partial charge < -0.3 is 14.0 Å². The van der Waals surface area contributed by atoms with E-state index < -0.39 is 21.4 Å². The SMILES string of the molecule is COC[C@@H]1[C@@H](Cc2ccnc(NC(=O)OC(C)(C)C)c2)C(=O)N1[SiH2]C. The van der Waals surface area contributed by atoms with E-state index in [4.69, 9.17) is 9.47 Å². The van der Waals surface area contributed by atoms with Crippen molar-refractivity contribution >= 4 is 27.5 Å². The second-order valence-corrected chi connectivity index (χ2v) is 8.45. The van der Waals surface area contributed by atoms with Crippen molar-refractivity contribution in [3.8, 4) is 0 Å². The van der Waals surface area contributed by atoms with Gasteiger partial charge in [-0.05, 0) is 44.9 Å². The molecule has 1 saturated heterocycles. The van der Waals surface area contributed by atoms with Crippen LogP contribution in [0.25, 0.3) is 0 Å². The minimum absolute atomic E-state index is 0.0656. The van der Waals surface area contributed by atoms with Gasteiger partial charge in [0.1, 0.15) is 21.1 Å². The highest BCUT2D eigenvalue weighted by atomic mass is 28.2. The molecule has 2 rings (SSSR count). The molecule has 1 aliphatic heterocycles. The van der Waals surface area contributed by atoms with Gasteiger partial charge in [0.15, 0.2) is 0 Å². The summed E-state index contributed by atoms with van der Waals surface area (Å²) in [6.07, 6.45) is 1.70. The summed E-state index contributed by atoms with van der Waals surface area (Å²) in [5.74, 6) is 0.558. The lowest BCUT2D eigenvalue weighted by Crippen LogP contribution is -2.64. The summed E-state index contributed by atoms with van der Waals surface area (Å²) in [5.41, 5.74) is 0.388. The molecule has 2 atom stereocenters. The number of aromatic nitrogens is 1. The lowest BCUT2D eigenvalue weighted by Gasteiger charge is -2.47. The molecule has 1 fully saturated rings. The van der Waals surface area contributed by atoms with Gasteiger partial charge in [0.05, 0.1) is 18.6 Å². The minimum atomic E-state index is -0.569. The van der Waals surface area contributed by atoms with Crippen molar-refractivity contribution in [3.05, 3.63) is 23.9 Å². The van der Waals surface area contributed by atoms with Crippen molar-refractivity contribution in [1.82, 2.24) is 9.55 Å². The molecule has 0 aromatic carbocycles. The fourth-order valence-electron chi connectivity index (χ4n) is 3.00. The molecule has 0 bridgehead atoms.